The number of H-pyrrole nitrogens is 1. The molecular formula is C30H23Cl2N5O. The van der Waals surface area contributed by atoms with Crippen molar-refractivity contribution in [3.8, 4) is 16.8 Å². The van der Waals surface area contributed by atoms with Gasteiger partial charge in [-0.2, -0.15) is 0 Å². The van der Waals surface area contributed by atoms with E-state index in [1.165, 1.54) is 6.92 Å². The smallest absolute Gasteiger partial charge is 0.221 e. The molecule has 0 atom stereocenters. The molecule has 8 heteroatoms. The molecule has 0 fully saturated rings. The van der Waals surface area contributed by atoms with Crippen molar-refractivity contribution in [1.29, 1.82) is 5.41 Å². The van der Waals surface area contributed by atoms with Crippen LogP contribution in [0.3, 0.4) is 0 Å². The molecule has 0 aliphatic heterocycles. The number of carbonyl (C=O) groups excluding carboxylic acids is 1. The summed E-state index contributed by atoms with van der Waals surface area (Å²) in [5.74, 6) is -0.155. The quantitative estimate of drug-likeness (QED) is 0.210. The average Bonchev–Trinajstić information content (AvgIpc) is 3.49. The van der Waals surface area contributed by atoms with Crippen molar-refractivity contribution in [2.24, 2.45) is 0 Å². The van der Waals surface area contributed by atoms with Gasteiger partial charge in [-0.3, -0.25) is 14.8 Å². The Kier molecular flexibility index (Phi) is 6.06. The fourth-order valence-corrected chi connectivity index (χ4v) is 5.42. The van der Waals surface area contributed by atoms with Gasteiger partial charge in [-0.15, -0.1) is 0 Å². The predicted molar refractivity (Wildman–Crippen MR) is 154 cm³/mol. The van der Waals surface area contributed by atoms with Crippen LogP contribution in [0.15, 0.2) is 91.1 Å². The molecule has 0 aliphatic carbocycles. The second-order valence-electron chi connectivity index (χ2n) is 9.13. The van der Waals surface area contributed by atoms with Crippen LogP contribution in [-0.4, -0.2) is 20.0 Å². The van der Waals surface area contributed by atoms with Gasteiger partial charge >= 0.3 is 0 Å². The minimum absolute atomic E-state index is 0.155. The second-order valence-corrected chi connectivity index (χ2v) is 9.97. The van der Waals surface area contributed by atoms with E-state index in [-0.39, 0.29) is 5.91 Å². The molecule has 0 radical (unpaired) electrons. The lowest BCUT2D eigenvalue weighted by atomic mass is 10.0. The van der Waals surface area contributed by atoms with Crippen LogP contribution < -0.4 is 10.9 Å². The van der Waals surface area contributed by atoms with E-state index in [1.54, 1.807) is 12.1 Å². The predicted octanol–water partition coefficient (Wildman–Crippen LogP) is 7.37. The molecule has 0 bridgehead atoms. The van der Waals surface area contributed by atoms with E-state index < -0.39 is 0 Å². The van der Waals surface area contributed by atoms with Crippen molar-refractivity contribution in [2.75, 3.05) is 5.32 Å². The number of aromatic nitrogens is 3. The number of carbonyl (C=O) groups is 1. The van der Waals surface area contributed by atoms with Gasteiger partial charge in [0.2, 0.25) is 11.5 Å². The number of aromatic amines is 1. The molecule has 1 amide bonds. The van der Waals surface area contributed by atoms with E-state index in [4.69, 9.17) is 23.2 Å². The Morgan fingerprint density at radius 1 is 0.974 bits per heavy atom. The Hall–Kier alpha value is -4.26. The molecule has 0 saturated carbocycles. The van der Waals surface area contributed by atoms with E-state index >= 15 is 0 Å². The van der Waals surface area contributed by atoms with Crippen molar-refractivity contribution in [3.63, 3.8) is 0 Å². The Balaban J connectivity index is 1.47. The van der Waals surface area contributed by atoms with Crippen LogP contribution in [0.5, 0.6) is 0 Å². The molecule has 6 nitrogen and oxygen atoms in total. The standard InChI is InChI=1S/C30H23Cl2N5O/c1-18(38)35-27-13-10-21(31)16-24(27)19-8-11-22(12-9-19)37-29-25(32)5-3-7-28(29)36(30(37)33)17-20-4-2-6-26-23(20)14-15-34-26/h2-16,33-34H,17H2,1H3,(H,35,38). The van der Waals surface area contributed by atoms with Crippen molar-refractivity contribution >= 4 is 56.7 Å². The topological polar surface area (TPSA) is 78.6 Å². The van der Waals surface area contributed by atoms with Crippen LogP contribution in [-0.2, 0) is 11.3 Å². The Morgan fingerprint density at radius 3 is 2.55 bits per heavy atom. The normalized spacial score (nSPS) is 11.3. The summed E-state index contributed by atoms with van der Waals surface area (Å²) in [5, 5.41) is 14.3. The third-order valence-electron chi connectivity index (χ3n) is 6.69. The van der Waals surface area contributed by atoms with Gasteiger partial charge in [0.05, 0.1) is 22.6 Å². The highest BCUT2D eigenvalue weighted by Gasteiger charge is 2.17. The minimum atomic E-state index is -0.155. The molecule has 2 heterocycles. The maximum absolute atomic E-state index is 11.7. The first-order valence-electron chi connectivity index (χ1n) is 12.1. The maximum atomic E-state index is 11.7. The van der Waals surface area contributed by atoms with Crippen molar-refractivity contribution in [2.45, 2.75) is 13.5 Å². The van der Waals surface area contributed by atoms with Crippen molar-refractivity contribution < 1.29 is 4.79 Å². The number of imidazole rings is 1. The lowest BCUT2D eigenvalue weighted by Gasteiger charge is -2.12. The first kappa shape index (κ1) is 24.1. The lowest BCUT2D eigenvalue weighted by Crippen LogP contribution is -2.24. The monoisotopic (exact) mass is 539 g/mol. The number of fused-ring (bicyclic) bond motifs is 2. The molecule has 0 spiro atoms. The van der Waals surface area contributed by atoms with Crippen LogP contribution in [0.2, 0.25) is 10.0 Å². The number of benzene rings is 4. The molecule has 4 aromatic carbocycles. The molecule has 188 valence electrons. The van der Waals surface area contributed by atoms with Crippen LogP contribution in [0.4, 0.5) is 5.69 Å². The summed E-state index contributed by atoms with van der Waals surface area (Å²) in [6, 6.07) is 27.1. The van der Waals surface area contributed by atoms with Crippen molar-refractivity contribution in [1.82, 2.24) is 14.1 Å². The number of nitrogens with zero attached hydrogens (tertiary/aromatic N) is 2. The molecule has 0 unspecified atom stereocenters. The summed E-state index contributed by atoms with van der Waals surface area (Å²) >= 11 is 13.0. The number of rotatable bonds is 5. The number of hydrogen-bond donors (Lipinski definition) is 3. The van der Waals surface area contributed by atoms with Crippen LogP contribution in [0.1, 0.15) is 12.5 Å². The van der Waals surface area contributed by atoms with Gasteiger partial charge in [-0.1, -0.05) is 53.5 Å². The zero-order valence-corrected chi connectivity index (χ0v) is 21.9. The molecular weight excluding hydrogens is 517 g/mol. The average molecular weight is 540 g/mol. The molecule has 0 aliphatic rings. The van der Waals surface area contributed by atoms with E-state index in [0.29, 0.717) is 27.9 Å². The number of nitrogens with one attached hydrogen (secondary N) is 3. The first-order valence-corrected chi connectivity index (χ1v) is 12.8. The van der Waals surface area contributed by atoms with Gasteiger partial charge < -0.3 is 14.9 Å². The minimum Gasteiger partial charge on any atom is -0.361 e. The number of anilines is 1. The number of para-hydroxylation sites is 1. The van der Waals surface area contributed by atoms with Gasteiger partial charge in [0.15, 0.2) is 0 Å². The zero-order valence-electron chi connectivity index (χ0n) is 20.4. The largest absolute Gasteiger partial charge is 0.361 e. The SMILES string of the molecule is CC(=O)Nc1ccc(Cl)cc1-c1ccc(-n2c(=N)n(Cc3cccc4[nH]ccc34)c3cccc(Cl)c32)cc1. The maximum Gasteiger partial charge on any atom is 0.221 e. The summed E-state index contributed by atoms with van der Waals surface area (Å²) in [7, 11) is 0. The Morgan fingerprint density at radius 2 is 1.76 bits per heavy atom. The molecule has 3 N–H and O–H groups in total. The number of hydrogen-bond acceptors (Lipinski definition) is 2. The highest BCUT2D eigenvalue weighted by atomic mass is 35.5. The summed E-state index contributed by atoms with van der Waals surface area (Å²) in [5.41, 5.74) is 7.33. The number of halogens is 2. The summed E-state index contributed by atoms with van der Waals surface area (Å²) in [6.45, 7) is 2.00. The van der Waals surface area contributed by atoms with E-state index in [2.05, 4.69) is 22.4 Å². The first-order chi connectivity index (χ1) is 18.4. The molecule has 0 saturated heterocycles. The number of amides is 1. The third-order valence-corrected chi connectivity index (χ3v) is 7.23. The molecule has 38 heavy (non-hydrogen) atoms. The van der Waals surface area contributed by atoms with E-state index in [1.807, 2.05) is 76.0 Å². The van der Waals surface area contributed by atoms with Gasteiger partial charge in [-0.05, 0) is 65.7 Å². The van der Waals surface area contributed by atoms with Gasteiger partial charge in [0, 0.05) is 46.0 Å². The fraction of sp³-hybridized carbons (Fsp3) is 0.0667. The summed E-state index contributed by atoms with van der Waals surface area (Å²) in [6.07, 6.45) is 1.93. The Bertz CT molecular complexity index is 1900. The summed E-state index contributed by atoms with van der Waals surface area (Å²) in [4.78, 5) is 15.0. The molecule has 6 aromatic rings. The Labute approximate surface area is 228 Å². The molecule has 6 rings (SSSR count). The highest BCUT2D eigenvalue weighted by molar-refractivity contribution is 6.35. The van der Waals surface area contributed by atoms with Crippen LogP contribution in [0, 0.1) is 5.41 Å². The highest BCUT2D eigenvalue weighted by Crippen LogP contribution is 2.33. The van der Waals surface area contributed by atoms with Gasteiger partial charge in [0.1, 0.15) is 0 Å². The molecule has 2 aromatic heterocycles. The van der Waals surface area contributed by atoms with Gasteiger partial charge in [0.25, 0.3) is 0 Å². The van der Waals surface area contributed by atoms with Crippen LogP contribution in [0.25, 0.3) is 38.8 Å². The van der Waals surface area contributed by atoms with E-state index in [9.17, 15) is 10.2 Å². The van der Waals surface area contributed by atoms with Gasteiger partial charge in [-0.25, -0.2) is 0 Å². The zero-order chi connectivity index (χ0) is 26.4. The second kappa shape index (κ2) is 9.56. The summed E-state index contributed by atoms with van der Waals surface area (Å²) < 4.78 is 3.84. The van der Waals surface area contributed by atoms with Crippen LogP contribution >= 0.6 is 23.2 Å². The van der Waals surface area contributed by atoms with Crippen molar-refractivity contribution in [3.05, 3.63) is 112 Å². The third kappa shape index (κ3) is 4.18. The van der Waals surface area contributed by atoms with E-state index in [0.717, 1.165) is 44.3 Å². The lowest BCUT2D eigenvalue weighted by molar-refractivity contribution is -0.114. The fourth-order valence-electron chi connectivity index (χ4n) is 5.00.